The van der Waals surface area contributed by atoms with Crippen molar-refractivity contribution in [3.8, 4) is 0 Å². The van der Waals surface area contributed by atoms with E-state index in [9.17, 15) is 4.79 Å². The number of unbranched alkanes of at least 4 members (excludes halogenated alkanes) is 1. The van der Waals surface area contributed by atoms with E-state index in [1.165, 1.54) is 0 Å². The summed E-state index contributed by atoms with van der Waals surface area (Å²) in [6.07, 6.45) is 1.99. The third-order valence-electron chi connectivity index (χ3n) is 2.66. The molecule has 18 heavy (non-hydrogen) atoms. The van der Waals surface area contributed by atoms with E-state index in [4.69, 9.17) is 22.4 Å². The summed E-state index contributed by atoms with van der Waals surface area (Å²) in [7, 11) is 0. The van der Waals surface area contributed by atoms with E-state index in [1.54, 1.807) is 12.1 Å². The molecule has 4 nitrogen and oxygen atoms in total. The molecule has 1 amide bonds. The highest BCUT2D eigenvalue weighted by atomic mass is 35.5. The standard InChI is InChI=1S/C13H19ClN2O2/c1-2-3-6-16(8-13(15)18)12-5-4-10(9-17)7-11(12)14/h4-5,7,17H,2-3,6,8-9H2,1H3,(H2,15,18). The van der Waals surface area contributed by atoms with Gasteiger partial charge in [0.1, 0.15) is 0 Å². The Bertz CT molecular complexity index is 410. The SMILES string of the molecule is CCCCN(CC(N)=O)c1ccc(CO)cc1Cl. The van der Waals surface area contributed by atoms with Gasteiger partial charge in [0.15, 0.2) is 0 Å². The molecule has 0 saturated carbocycles. The molecule has 0 aliphatic rings. The van der Waals surface area contributed by atoms with Crippen LogP contribution in [0.25, 0.3) is 0 Å². The Morgan fingerprint density at radius 2 is 2.22 bits per heavy atom. The number of nitrogens with two attached hydrogens (primary N) is 1. The molecule has 0 aromatic heterocycles. The Morgan fingerprint density at radius 1 is 1.50 bits per heavy atom. The smallest absolute Gasteiger partial charge is 0.236 e. The summed E-state index contributed by atoms with van der Waals surface area (Å²) < 4.78 is 0. The first kappa shape index (κ1) is 14.8. The number of carbonyl (C=O) groups is 1. The molecule has 100 valence electrons. The second-order valence-electron chi connectivity index (χ2n) is 4.19. The number of rotatable bonds is 7. The Morgan fingerprint density at radius 3 is 2.72 bits per heavy atom. The molecule has 5 heteroatoms. The minimum atomic E-state index is -0.381. The second-order valence-corrected chi connectivity index (χ2v) is 4.59. The number of hydrogen-bond donors (Lipinski definition) is 2. The van der Waals surface area contributed by atoms with Gasteiger partial charge >= 0.3 is 0 Å². The Balaban J connectivity index is 2.92. The van der Waals surface area contributed by atoms with E-state index < -0.39 is 0 Å². The van der Waals surface area contributed by atoms with Gasteiger partial charge in [0.25, 0.3) is 0 Å². The molecule has 0 aliphatic heterocycles. The molecule has 0 radical (unpaired) electrons. The molecule has 0 atom stereocenters. The summed E-state index contributed by atoms with van der Waals surface area (Å²) in [4.78, 5) is 12.9. The molecular formula is C13H19ClN2O2. The normalized spacial score (nSPS) is 10.4. The Hall–Kier alpha value is -1.26. The third-order valence-corrected chi connectivity index (χ3v) is 2.97. The molecule has 1 rings (SSSR count). The predicted octanol–water partition coefficient (Wildman–Crippen LogP) is 1.92. The number of benzene rings is 1. The van der Waals surface area contributed by atoms with Crippen molar-refractivity contribution in [2.45, 2.75) is 26.4 Å². The first-order valence-electron chi connectivity index (χ1n) is 6.01. The second kappa shape index (κ2) is 7.24. The van der Waals surface area contributed by atoms with Crippen molar-refractivity contribution in [2.75, 3.05) is 18.0 Å². The lowest BCUT2D eigenvalue weighted by Gasteiger charge is -2.24. The maximum atomic E-state index is 11.1. The lowest BCUT2D eigenvalue weighted by Crippen LogP contribution is -2.34. The Labute approximate surface area is 112 Å². The minimum absolute atomic E-state index is 0.0508. The summed E-state index contributed by atoms with van der Waals surface area (Å²) in [5.41, 5.74) is 6.77. The van der Waals surface area contributed by atoms with Crippen molar-refractivity contribution in [1.82, 2.24) is 0 Å². The van der Waals surface area contributed by atoms with E-state index in [1.807, 2.05) is 11.0 Å². The summed E-state index contributed by atoms with van der Waals surface area (Å²) in [5.74, 6) is -0.381. The molecule has 0 bridgehead atoms. The van der Waals surface area contributed by atoms with E-state index in [0.717, 1.165) is 30.6 Å². The predicted molar refractivity (Wildman–Crippen MR) is 73.7 cm³/mol. The zero-order chi connectivity index (χ0) is 13.5. The van der Waals surface area contributed by atoms with Crippen LogP contribution in [0, 0.1) is 0 Å². The fourth-order valence-corrected chi connectivity index (χ4v) is 2.05. The molecule has 0 heterocycles. The first-order chi connectivity index (χ1) is 8.58. The molecular weight excluding hydrogens is 252 g/mol. The van der Waals surface area contributed by atoms with Crippen LogP contribution < -0.4 is 10.6 Å². The molecule has 1 aromatic rings. The van der Waals surface area contributed by atoms with Gasteiger partial charge in [-0.25, -0.2) is 0 Å². The van der Waals surface area contributed by atoms with Crippen LogP contribution in [0.1, 0.15) is 25.3 Å². The number of nitrogens with zero attached hydrogens (tertiary/aromatic N) is 1. The fourth-order valence-electron chi connectivity index (χ4n) is 1.73. The Kier molecular flexibility index (Phi) is 5.95. The maximum Gasteiger partial charge on any atom is 0.236 e. The highest BCUT2D eigenvalue weighted by Gasteiger charge is 2.12. The van der Waals surface area contributed by atoms with Gasteiger partial charge in [-0.3, -0.25) is 4.79 Å². The van der Waals surface area contributed by atoms with E-state index in [-0.39, 0.29) is 19.1 Å². The van der Waals surface area contributed by atoms with Gasteiger partial charge in [-0.05, 0) is 24.1 Å². The summed E-state index contributed by atoms with van der Waals surface area (Å²) in [6.45, 7) is 2.92. The molecule has 0 unspecified atom stereocenters. The lowest BCUT2D eigenvalue weighted by molar-refractivity contribution is -0.116. The summed E-state index contributed by atoms with van der Waals surface area (Å²) in [6, 6.07) is 5.31. The highest BCUT2D eigenvalue weighted by molar-refractivity contribution is 6.33. The van der Waals surface area contributed by atoms with Crippen LogP contribution in [0.5, 0.6) is 0 Å². The van der Waals surface area contributed by atoms with Gasteiger partial charge in [-0.1, -0.05) is 31.0 Å². The van der Waals surface area contributed by atoms with E-state index in [2.05, 4.69) is 6.92 Å². The number of primary amides is 1. The first-order valence-corrected chi connectivity index (χ1v) is 6.38. The van der Waals surface area contributed by atoms with Crippen LogP contribution in [0.3, 0.4) is 0 Å². The maximum absolute atomic E-state index is 11.1. The number of hydrogen-bond acceptors (Lipinski definition) is 3. The van der Waals surface area contributed by atoms with E-state index in [0.29, 0.717) is 5.02 Å². The average molecular weight is 271 g/mol. The molecule has 0 spiro atoms. The molecule has 1 aromatic carbocycles. The topological polar surface area (TPSA) is 66.6 Å². The van der Waals surface area contributed by atoms with Crippen molar-refractivity contribution in [3.05, 3.63) is 28.8 Å². The van der Waals surface area contributed by atoms with Crippen LogP contribution in [-0.2, 0) is 11.4 Å². The fraction of sp³-hybridized carbons (Fsp3) is 0.462. The largest absolute Gasteiger partial charge is 0.392 e. The third kappa shape index (κ3) is 4.20. The molecule has 3 N–H and O–H groups in total. The van der Waals surface area contributed by atoms with Gasteiger partial charge in [-0.15, -0.1) is 0 Å². The average Bonchev–Trinajstić information content (AvgIpc) is 2.34. The van der Waals surface area contributed by atoms with Crippen LogP contribution in [0.4, 0.5) is 5.69 Å². The van der Waals surface area contributed by atoms with Crippen LogP contribution >= 0.6 is 11.6 Å². The van der Waals surface area contributed by atoms with Gasteiger partial charge in [0, 0.05) is 6.54 Å². The van der Waals surface area contributed by atoms with Crippen LogP contribution in [-0.4, -0.2) is 24.1 Å². The lowest BCUT2D eigenvalue weighted by atomic mass is 10.2. The number of amides is 1. The zero-order valence-corrected chi connectivity index (χ0v) is 11.3. The monoisotopic (exact) mass is 270 g/mol. The summed E-state index contributed by atoms with van der Waals surface area (Å²) in [5, 5.41) is 9.56. The summed E-state index contributed by atoms with van der Waals surface area (Å²) >= 11 is 6.16. The zero-order valence-electron chi connectivity index (χ0n) is 10.5. The van der Waals surface area contributed by atoms with Gasteiger partial charge in [0.2, 0.25) is 5.91 Å². The van der Waals surface area contributed by atoms with Crippen LogP contribution in [0.2, 0.25) is 5.02 Å². The van der Waals surface area contributed by atoms with Crippen molar-refractivity contribution < 1.29 is 9.90 Å². The van der Waals surface area contributed by atoms with Crippen molar-refractivity contribution in [3.63, 3.8) is 0 Å². The van der Waals surface area contributed by atoms with E-state index >= 15 is 0 Å². The van der Waals surface area contributed by atoms with Crippen molar-refractivity contribution in [2.24, 2.45) is 5.73 Å². The number of aliphatic hydroxyl groups excluding tert-OH is 1. The van der Waals surface area contributed by atoms with Gasteiger partial charge in [-0.2, -0.15) is 0 Å². The van der Waals surface area contributed by atoms with Crippen molar-refractivity contribution in [1.29, 1.82) is 0 Å². The highest BCUT2D eigenvalue weighted by Crippen LogP contribution is 2.27. The van der Waals surface area contributed by atoms with Gasteiger partial charge in [0.05, 0.1) is 23.9 Å². The van der Waals surface area contributed by atoms with Gasteiger partial charge < -0.3 is 15.7 Å². The quantitative estimate of drug-likeness (QED) is 0.796. The minimum Gasteiger partial charge on any atom is -0.392 e. The van der Waals surface area contributed by atoms with Crippen LogP contribution in [0.15, 0.2) is 18.2 Å². The number of anilines is 1. The molecule has 0 fully saturated rings. The number of carbonyl (C=O) groups excluding carboxylic acids is 1. The van der Waals surface area contributed by atoms with Crippen molar-refractivity contribution >= 4 is 23.2 Å². The molecule has 0 aliphatic carbocycles. The molecule has 0 saturated heterocycles. The number of aliphatic hydroxyl groups is 1. The number of halogens is 1.